The number of benzene rings is 2. The van der Waals surface area contributed by atoms with Crippen LogP contribution in [0.25, 0.3) is 0 Å². The number of phenols is 2. The van der Waals surface area contributed by atoms with Crippen LogP contribution in [-0.4, -0.2) is 16.2 Å². The Bertz CT molecular complexity index is 934. The molecule has 2 aromatic carbocycles. The molecule has 0 bridgehead atoms. The van der Waals surface area contributed by atoms with Crippen molar-refractivity contribution in [2.75, 3.05) is 0 Å². The molecular weight excluding hydrogens is 320 g/mol. The number of carbonyl (C=O) groups excluding carboxylic acids is 1. The van der Waals surface area contributed by atoms with Crippen molar-refractivity contribution in [2.24, 2.45) is 5.92 Å². The fourth-order valence-corrected chi connectivity index (χ4v) is 4.05. The van der Waals surface area contributed by atoms with Crippen LogP contribution < -0.4 is 4.74 Å². The van der Waals surface area contributed by atoms with Gasteiger partial charge >= 0.3 is 5.97 Å². The van der Waals surface area contributed by atoms with E-state index in [9.17, 15) is 15.0 Å². The predicted octanol–water partition coefficient (Wildman–Crippen LogP) is 3.51. The fraction of sp³-hybridized carbons (Fsp3) is 0.150. The van der Waals surface area contributed by atoms with Crippen molar-refractivity contribution in [1.29, 1.82) is 0 Å². The molecule has 1 atom stereocenters. The second-order valence-electron chi connectivity index (χ2n) is 6.43. The molecule has 5 heteroatoms. The minimum atomic E-state index is -1.03. The number of carbonyl (C=O) groups is 1. The third kappa shape index (κ3) is 1.75. The van der Waals surface area contributed by atoms with Gasteiger partial charge in [0, 0.05) is 34.8 Å². The van der Waals surface area contributed by atoms with Crippen molar-refractivity contribution in [3.63, 3.8) is 0 Å². The zero-order valence-electron chi connectivity index (χ0n) is 13.1. The molecule has 1 saturated heterocycles. The van der Waals surface area contributed by atoms with Crippen molar-refractivity contribution in [3.05, 3.63) is 71.3 Å². The van der Waals surface area contributed by atoms with Crippen LogP contribution in [0, 0.1) is 5.92 Å². The lowest BCUT2D eigenvalue weighted by molar-refractivity contribution is -0.145. The van der Waals surface area contributed by atoms with Gasteiger partial charge in [-0.1, -0.05) is 18.2 Å². The van der Waals surface area contributed by atoms with E-state index in [2.05, 4.69) is 0 Å². The predicted molar refractivity (Wildman–Crippen MR) is 88.5 cm³/mol. The molecule has 0 radical (unpaired) electrons. The van der Waals surface area contributed by atoms with Gasteiger partial charge in [-0.25, -0.2) is 4.79 Å². The highest BCUT2D eigenvalue weighted by atomic mass is 16.6. The maximum atomic E-state index is 12.6. The normalized spacial score (nSPS) is 21.7. The topological polar surface area (TPSA) is 76.0 Å². The van der Waals surface area contributed by atoms with Crippen molar-refractivity contribution in [2.45, 2.75) is 12.0 Å². The van der Waals surface area contributed by atoms with E-state index < -0.39 is 5.60 Å². The van der Waals surface area contributed by atoms with Gasteiger partial charge in [-0.15, -0.1) is 0 Å². The Labute approximate surface area is 143 Å². The highest BCUT2D eigenvalue weighted by Gasteiger charge is 2.58. The average Bonchev–Trinajstić information content (AvgIpc) is 2.88. The smallest absolute Gasteiger partial charge is 0.335 e. The Morgan fingerprint density at radius 1 is 1.00 bits per heavy atom. The quantitative estimate of drug-likeness (QED) is 0.721. The number of esters is 1. The molecule has 0 aromatic heterocycles. The third-order valence-electron chi connectivity index (χ3n) is 5.09. The van der Waals surface area contributed by atoms with Crippen molar-refractivity contribution >= 4 is 5.97 Å². The number of ether oxygens (including phenoxy) is 2. The minimum absolute atomic E-state index is 0.0566. The molecular formula is C20H14O5. The Morgan fingerprint density at radius 2 is 1.64 bits per heavy atom. The zero-order valence-corrected chi connectivity index (χ0v) is 13.1. The van der Waals surface area contributed by atoms with Crippen molar-refractivity contribution < 1.29 is 24.5 Å². The molecule has 2 aliphatic heterocycles. The molecule has 3 aliphatic rings. The largest absolute Gasteiger partial charge is 0.508 e. The van der Waals surface area contributed by atoms with E-state index in [1.165, 1.54) is 12.1 Å². The van der Waals surface area contributed by atoms with Crippen LogP contribution in [0.5, 0.6) is 23.0 Å². The second-order valence-corrected chi connectivity index (χ2v) is 6.43. The van der Waals surface area contributed by atoms with Gasteiger partial charge in [0.2, 0.25) is 0 Å². The molecule has 5 rings (SSSR count). The number of rotatable bonds is 0. The van der Waals surface area contributed by atoms with Crippen LogP contribution in [0.15, 0.2) is 60.2 Å². The first-order valence-electron chi connectivity index (χ1n) is 8.04. The van der Waals surface area contributed by atoms with Crippen LogP contribution in [0.2, 0.25) is 0 Å². The van der Waals surface area contributed by atoms with E-state index in [0.717, 1.165) is 0 Å². The highest BCUT2D eigenvalue weighted by molar-refractivity contribution is 5.94. The SMILES string of the molecule is O=C1OC2(c3ccc(O)cc3Oc3cc(O)ccc32)C2CC=CC=C12. The minimum Gasteiger partial charge on any atom is -0.508 e. The van der Waals surface area contributed by atoms with Gasteiger partial charge in [0.25, 0.3) is 0 Å². The third-order valence-corrected chi connectivity index (χ3v) is 5.09. The van der Waals surface area contributed by atoms with E-state index >= 15 is 0 Å². The number of aromatic hydroxyl groups is 2. The number of allylic oxidation sites excluding steroid dienone is 3. The Hall–Kier alpha value is -3.21. The zero-order chi connectivity index (χ0) is 17.2. The molecule has 0 amide bonds. The molecule has 0 saturated carbocycles. The summed E-state index contributed by atoms with van der Waals surface area (Å²) in [5.41, 5.74) is 0.987. The summed E-state index contributed by atoms with van der Waals surface area (Å²) < 4.78 is 11.9. The lowest BCUT2D eigenvalue weighted by Gasteiger charge is -2.39. The van der Waals surface area contributed by atoms with Crippen LogP contribution in [0.1, 0.15) is 17.5 Å². The monoisotopic (exact) mass is 334 g/mol. The molecule has 2 aromatic rings. The summed E-state index contributed by atoms with van der Waals surface area (Å²) in [4.78, 5) is 12.6. The molecule has 5 nitrogen and oxygen atoms in total. The lowest BCUT2D eigenvalue weighted by atomic mass is 9.70. The number of fused-ring (bicyclic) bond motifs is 6. The summed E-state index contributed by atoms with van der Waals surface area (Å²) in [5, 5.41) is 19.7. The van der Waals surface area contributed by atoms with Gasteiger partial charge in [0.15, 0.2) is 5.60 Å². The van der Waals surface area contributed by atoms with Gasteiger partial charge in [-0.2, -0.15) is 0 Å². The Kier molecular flexibility index (Phi) is 2.64. The van der Waals surface area contributed by atoms with Gasteiger partial charge < -0.3 is 19.7 Å². The standard InChI is InChI=1S/C20H14O5/c21-11-5-7-15-17(9-11)24-18-10-12(22)6-8-16(18)20(15)14-4-2-1-3-13(14)19(23)25-20/h1-3,5-10,14,21-22H,4H2. The summed E-state index contributed by atoms with van der Waals surface area (Å²) in [6.45, 7) is 0. The lowest BCUT2D eigenvalue weighted by Crippen LogP contribution is -2.37. The van der Waals surface area contributed by atoms with Crippen LogP contribution in [0.4, 0.5) is 0 Å². The summed E-state index contributed by atoms with van der Waals surface area (Å²) in [5.74, 6) is 0.403. The number of hydrogen-bond acceptors (Lipinski definition) is 5. The summed E-state index contributed by atoms with van der Waals surface area (Å²) in [6.07, 6.45) is 6.31. The van der Waals surface area contributed by atoms with E-state index in [4.69, 9.17) is 9.47 Å². The van der Waals surface area contributed by atoms with Gasteiger partial charge in [-0.05, 0) is 30.7 Å². The molecule has 1 fully saturated rings. The van der Waals surface area contributed by atoms with Crippen molar-refractivity contribution in [1.82, 2.24) is 0 Å². The maximum Gasteiger partial charge on any atom is 0.335 e. The summed E-state index contributed by atoms with van der Waals surface area (Å²) in [6, 6.07) is 9.58. The van der Waals surface area contributed by atoms with Crippen LogP contribution in [-0.2, 0) is 15.1 Å². The van der Waals surface area contributed by atoms with Crippen molar-refractivity contribution in [3.8, 4) is 23.0 Å². The Morgan fingerprint density at radius 3 is 2.28 bits per heavy atom. The molecule has 124 valence electrons. The molecule has 2 heterocycles. The first-order valence-corrected chi connectivity index (χ1v) is 8.04. The van der Waals surface area contributed by atoms with Gasteiger partial charge in [0.1, 0.15) is 23.0 Å². The van der Waals surface area contributed by atoms with E-state index in [1.54, 1.807) is 30.3 Å². The highest BCUT2D eigenvalue weighted by Crippen LogP contribution is 2.59. The fourth-order valence-electron chi connectivity index (χ4n) is 4.05. The van der Waals surface area contributed by atoms with E-state index in [1.807, 2.05) is 12.2 Å². The molecule has 1 unspecified atom stereocenters. The maximum absolute atomic E-state index is 12.6. The second kappa shape index (κ2) is 4.66. The van der Waals surface area contributed by atoms with Crippen LogP contribution in [0.3, 0.4) is 0 Å². The first kappa shape index (κ1) is 14.2. The molecule has 1 aliphatic carbocycles. The number of hydrogen-bond donors (Lipinski definition) is 2. The molecule has 25 heavy (non-hydrogen) atoms. The Balaban J connectivity index is 1.84. The first-order chi connectivity index (χ1) is 12.1. The van der Waals surface area contributed by atoms with Crippen LogP contribution >= 0.6 is 0 Å². The van der Waals surface area contributed by atoms with Gasteiger partial charge in [-0.3, -0.25) is 0 Å². The van der Waals surface area contributed by atoms with E-state index in [-0.39, 0.29) is 23.4 Å². The summed E-state index contributed by atoms with van der Waals surface area (Å²) in [7, 11) is 0. The summed E-state index contributed by atoms with van der Waals surface area (Å²) >= 11 is 0. The van der Waals surface area contributed by atoms with Gasteiger partial charge in [0.05, 0.1) is 0 Å². The average molecular weight is 334 g/mol. The number of phenolic OH excluding ortho intramolecular Hbond substituents is 2. The molecule has 2 N–H and O–H groups in total. The molecule has 1 spiro atoms. The van der Waals surface area contributed by atoms with E-state index in [0.29, 0.717) is 34.6 Å².